The van der Waals surface area contributed by atoms with Crippen molar-refractivity contribution in [2.75, 3.05) is 19.8 Å². The zero-order chi connectivity index (χ0) is 13.2. The molecule has 1 aliphatic heterocycles. The minimum absolute atomic E-state index is 0.0135. The summed E-state index contributed by atoms with van der Waals surface area (Å²) in [5, 5.41) is 31.5. The first-order valence-electron chi connectivity index (χ1n) is 5.61. The first-order valence-corrected chi connectivity index (χ1v) is 5.61. The second-order valence-corrected chi connectivity index (χ2v) is 4.38. The second-order valence-electron chi connectivity index (χ2n) is 4.38. The van der Waals surface area contributed by atoms with Crippen molar-refractivity contribution in [2.45, 2.75) is 12.0 Å². The highest BCUT2D eigenvalue weighted by Gasteiger charge is 2.33. The molecular formula is C12H15NO5. The second kappa shape index (κ2) is 4.83. The summed E-state index contributed by atoms with van der Waals surface area (Å²) in [7, 11) is 0. The molecule has 18 heavy (non-hydrogen) atoms. The molecule has 6 heteroatoms. The molecule has 6 nitrogen and oxygen atoms in total. The summed E-state index contributed by atoms with van der Waals surface area (Å²) in [6, 6.07) is 4.05. The fraction of sp³-hybridized carbons (Fsp3) is 0.417. The third-order valence-electron chi connectivity index (χ3n) is 2.91. The number of aliphatic hydroxyl groups is 1. The van der Waals surface area contributed by atoms with E-state index in [4.69, 9.17) is 4.74 Å². The topological polar surface area (TPSA) is 99.0 Å². The number of amides is 1. The van der Waals surface area contributed by atoms with Crippen molar-refractivity contribution in [1.82, 2.24) is 5.32 Å². The highest BCUT2D eigenvalue weighted by atomic mass is 16.5. The predicted molar refractivity (Wildman–Crippen MR) is 62.5 cm³/mol. The Balaban J connectivity index is 2.04. The number of carbonyl (C=O) groups excluding carboxylic acids is 1. The molecule has 0 saturated carbocycles. The summed E-state index contributed by atoms with van der Waals surface area (Å²) in [4.78, 5) is 11.8. The van der Waals surface area contributed by atoms with Crippen LogP contribution in [0.4, 0.5) is 0 Å². The van der Waals surface area contributed by atoms with Gasteiger partial charge in [0.15, 0.2) is 0 Å². The van der Waals surface area contributed by atoms with Gasteiger partial charge < -0.3 is 25.4 Å². The van der Waals surface area contributed by atoms with E-state index in [2.05, 4.69) is 5.32 Å². The lowest BCUT2D eigenvalue weighted by atomic mass is 10.0. The highest BCUT2D eigenvalue weighted by molar-refractivity contribution is 5.99. The molecule has 0 radical (unpaired) electrons. The predicted octanol–water partition coefficient (Wildman–Crippen LogP) is -0.0210. The van der Waals surface area contributed by atoms with E-state index in [1.54, 1.807) is 0 Å². The van der Waals surface area contributed by atoms with E-state index < -0.39 is 11.5 Å². The van der Waals surface area contributed by atoms with Crippen LogP contribution < -0.4 is 5.32 Å². The van der Waals surface area contributed by atoms with E-state index >= 15 is 0 Å². The largest absolute Gasteiger partial charge is 0.507 e. The SMILES string of the molecule is O=C(NCC1(O)CCOC1)c1c(O)cccc1O. The lowest BCUT2D eigenvalue weighted by Crippen LogP contribution is -2.43. The van der Waals surface area contributed by atoms with E-state index in [0.29, 0.717) is 13.0 Å². The van der Waals surface area contributed by atoms with Crippen LogP contribution in [-0.4, -0.2) is 46.6 Å². The average molecular weight is 253 g/mol. The van der Waals surface area contributed by atoms with Gasteiger partial charge in [0, 0.05) is 19.6 Å². The van der Waals surface area contributed by atoms with Crippen molar-refractivity contribution in [3.8, 4) is 11.5 Å². The van der Waals surface area contributed by atoms with Gasteiger partial charge in [-0.2, -0.15) is 0 Å². The Morgan fingerprint density at radius 3 is 2.61 bits per heavy atom. The van der Waals surface area contributed by atoms with E-state index in [-0.39, 0.29) is 30.2 Å². The van der Waals surface area contributed by atoms with Gasteiger partial charge in [-0.05, 0) is 12.1 Å². The van der Waals surface area contributed by atoms with Gasteiger partial charge in [0.25, 0.3) is 5.91 Å². The highest BCUT2D eigenvalue weighted by Crippen LogP contribution is 2.26. The minimum Gasteiger partial charge on any atom is -0.507 e. The number of carbonyl (C=O) groups is 1. The number of phenols is 2. The number of nitrogens with one attached hydrogen (secondary N) is 1. The molecule has 0 spiro atoms. The Morgan fingerprint density at radius 2 is 2.06 bits per heavy atom. The number of ether oxygens (including phenoxy) is 1. The molecule has 1 aromatic rings. The van der Waals surface area contributed by atoms with Crippen LogP contribution in [0.2, 0.25) is 0 Å². The van der Waals surface area contributed by atoms with E-state index in [1.165, 1.54) is 18.2 Å². The Morgan fingerprint density at radius 1 is 1.39 bits per heavy atom. The minimum atomic E-state index is -1.07. The summed E-state index contributed by atoms with van der Waals surface area (Å²) in [5.41, 5.74) is -1.27. The summed E-state index contributed by atoms with van der Waals surface area (Å²) in [6.45, 7) is 0.633. The first-order chi connectivity index (χ1) is 8.52. The van der Waals surface area contributed by atoms with Gasteiger partial charge in [-0.3, -0.25) is 4.79 Å². The molecule has 0 aromatic heterocycles. The number of aromatic hydroxyl groups is 2. The monoisotopic (exact) mass is 253 g/mol. The molecule has 1 aromatic carbocycles. The van der Waals surface area contributed by atoms with E-state index in [0.717, 1.165) is 0 Å². The lowest BCUT2D eigenvalue weighted by molar-refractivity contribution is 0.0264. The van der Waals surface area contributed by atoms with Gasteiger partial charge >= 0.3 is 0 Å². The Bertz CT molecular complexity index is 434. The summed E-state index contributed by atoms with van der Waals surface area (Å²) < 4.78 is 5.05. The Hall–Kier alpha value is -1.79. The molecule has 1 atom stereocenters. The van der Waals surface area contributed by atoms with Crippen molar-refractivity contribution >= 4 is 5.91 Å². The van der Waals surface area contributed by atoms with Crippen LogP contribution in [0.1, 0.15) is 16.8 Å². The van der Waals surface area contributed by atoms with Gasteiger partial charge in [-0.1, -0.05) is 6.07 Å². The van der Waals surface area contributed by atoms with Gasteiger partial charge in [-0.25, -0.2) is 0 Å². The summed E-state index contributed by atoms with van der Waals surface area (Å²) in [6.07, 6.45) is 0.444. The van der Waals surface area contributed by atoms with E-state index in [9.17, 15) is 20.1 Å². The molecule has 4 N–H and O–H groups in total. The van der Waals surface area contributed by atoms with Crippen LogP contribution in [-0.2, 0) is 4.74 Å². The molecule has 0 bridgehead atoms. The van der Waals surface area contributed by atoms with Crippen molar-refractivity contribution < 1.29 is 24.9 Å². The summed E-state index contributed by atoms with van der Waals surface area (Å²) in [5.74, 6) is -1.24. The number of hydrogen-bond acceptors (Lipinski definition) is 5. The molecule has 1 heterocycles. The quantitative estimate of drug-likeness (QED) is 0.606. The molecule has 1 aliphatic rings. The maximum absolute atomic E-state index is 11.8. The first kappa shape index (κ1) is 12.7. The van der Waals surface area contributed by atoms with Gasteiger partial charge in [-0.15, -0.1) is 0 Å². The smallest absolute Gasteiger partial charge is 0.258 e. The fourth-order valence-corrected chi connectivity index (χ4v) is 1.83. The maximum atomic E-state index is 11.8. The Kier molecular flexibility index (Phi) is 3.40. The third-order valence-corrected chi connectivity index (χ3v) is 2.91. The molecule has 1 fully saturated rings. The molecule has 1 saturated heterocycles. The third kappa shape index (κ3) is 2.55. The standard InChI is InChI=1S/C12H15NO5/c14-8-2-1-3-9(15)10(8)11(16)13-6-12(17)4-5-18-7-12/h1-3,14-15,17H,4-7H2,(H,13,16). The molecule has 98 valence electrons. The zero-order valence-corrected chi connectivity index (χ0v) is 9.72. The molecular weight excluding hydrogens is 238 g/mol. The van der Waals surface area contributed by atoms with Crippen molar-refractivity contribution in [1.29, 1.82) is 0 Å². The van der Waals surface area contributed by atoms with Crippen molar-refractivity contribution in [2.24, 2.45) is 0 Å². The zero-order valence-electron chi connectivity index (χ0n) is 9.72. The number of phenolic OH excluding ortho intramolecular Hbond substituents is 2. The molecule has 0 aliphatic carbocycles. The number of hydrogen-bond donors (Lipinski definition) is 4. The number of benzene rings is 1. The lowest BCUT2D eigenvalue weighted by Gasteiger charge is -2.20. The molecule has 2 rings (SSSR count). The number of rotatable bonds is 3. The van der Waals surface area contributed by atoms with Crippen LogP contribution in [0, 0.1) is 0 Å². The van der Waals surface area contributed by atoms with E-state index in [1.807, 2.05) is 0 Å². The van der Waals surface area contributed by atoms with Gasteiger partial charge in [0.1, 0.15) is 22.7 Å². The van der Waals surface area contributed by atoms with Crippen LogP contribution in [0.5, 0.6) is 11.5 Å². The maximum Gasteiger partial charge on any atom is 0.258 e. The average Bonchev–Trinajstić information content (AvgIpc) is 2.74. The van der Waals surface area contributed by atoms with Crippen LogP contribution >= 0.6 is 0 Å². The van der Waals surface area contributed by atoms with Gasteiger partial charge in [0.05, 0.1) is 6.61 Å². The molecule has 1 unspecified atom stereocenters. The molecule has 1 amide bonds. The normalized spacial score (nSPS) is 22.9. The fourth-order valence-electron chi connectivity index (χ4n) is 1.83. The summed E-state index contributed by atoms with van der Waals surface area (Å²) >= 11 is 0. The van der Waals surface area contributed by atoms with Crippen LogP contribution in [0.3, 0.4) is 0 Å². The Labute approximate surface area is 104 Å². The van der Waals surface area contributed by atoms with Crippen molar-refractivity contribution in [3.05, 3.63) is 23.8 Å². The van der Waals surface area contributed by atoms with Crippen LogP contribution in [0.25, 0.3) is 0 Å². The van der Waals surface area contributed by atoms with Crippen molar-refractivity contribution in [3.63, 3.8) is 0 Å². The van der Waals surface area contributed by atoms with Gasteiger partial charge in [0.2, 0.25) is 0 Å². The van der Waals surface area contributed by atoms with Crippen LogP contribution in [0.15, 0.2) is 18.2 Å².